The lowest BCUT2D eigenvalue weighted by atomic mass is 10.0. The molecule has 18 heavy (non-hydrogen) atoms. The highest BCUT2D eigenvalue weighted by molar-refractivity contribution is 6.36. The monoisotopic (exact) mass is 267 g/mol. The molecule has 0 saturated carbocycles. The van der Waals surface area contributed by atoms with Crippen molar-refractivity contribution in [1.29, 1.82) is 0 Å². The zero-order valence-corrected chi connectivity index (χ0v) is 10.2. The van der Waals surface area contributed by atoms with E-state index in [1.54, 1.807) is 0 Å². The summed E-state index contributed by atoms with van der Waals surface area (Å²) < 4.78 is 19.2. The number of nitrogens with zero attached hydrogens (tertiary/aromatic N) is 1. The standard InChI is InChI=1S/C12H11ClFN3O/c13-7-1-2-8(14)12-10(7)11(17-15)6-5-18-4-3-9(6)16-12/h1-2H,3-5,15H2,(H,16,17). The molecule has 6 heteroatoms. The van der Waals surface area contributed by atoms with Gasteiger partial charge in [-0.2, -0.15) is 0 Å². The van der Waals surface area contributed by atoms with Crippen LogP contribution >= 0.6 is 11.6 Å². The molecule has 1 aromatic carbocycles. The largest absolute Gasteiger partial charge is 0.376 e. The van der Waals surface area contributed by atoms with Crippen molar-refractivity contribution in [2.45, 2.75) is 13.0 Å². The van der Waals surface area contributed by atoms with E-state index < -0.39 is 5.82 Å². The number of hydrogen-bond donors (Lipinski definition) is 2. The van der Waals surface area contributed by atoms with Gasteiger partial charge in [-0.3, -0.25) is 5.84 Å². The van der Waals surface area contributed by atoms with Crippen LogP contribution in [0.3, 0.4) is 0 Å². The summed E-state index contributed by atoms with van der Waals surface area (Å²) in [6.45, 7) is 0.988. The molecule has 0 atom stereocenters. The average molecular weight is 268 g/mol. The zero-order valence-electron chi connectivity index (χ0n) is 9.46. The van der Waals surface area contributed by atoms with E-state index in [0.717, 1.165) is 11.3 Å². The summed E-state index contributed by atoms with van der Waals surface area (Å²) in [5.74, 6) is 5.14. The molecule has 1 aliphatic heterocycles. The number of hydrazine groups is 1. The van der Waals surface area contributed by atoms with Gasteiger partial charge in [0.1, 0.15) is 11.3 Å². The van der Waals surface area contributed by atoms with Crippen molar-refractivity contribution >= 4 is 28.2 Å². The van der Waals surface area contributed by atoms with Gasteiger partial charge in [-0.25, -0.2) is 9.37 Å². The number of hydrogen-bond acceptors (Lipinski definition) is 4. The van der Waals surface area contributed by atoms with Crippen molar-refractivity contribution in [3.05, 3.63) is 34.2 Å². The maximum Gasteiger partial charge on any atom is 0.149 e. The highest BCUT2D eigenvalue weighted by Gasteiger charge is 2.21. The minimum absolute atomic E-state index is 0.246. The van der Waals surface area contributed by atoms with Crippen molar-refractivity contribution in [2.24, 2.45) is 5.84 Å². The van der Waals surface area contributed by atoms with Gasteiger partial charge in [-0.05, 0) is 12.1 Å². The molecular formula is C12H11ClFN3O. The fourth-order valence-corrected chi connectivity index (χ4v) is 2.50. The molecule has 0 aliphatic carbocycles. The third-order valence-corrected chi connectivity index (χ3v) is 3.41. The SMILES string of the molecule is NNc1c2c(nc3c(F)ccc(Cl)c13)CCOC2. The van der Waals surface area contributed by atoms with Gasteiger partial charge in [0.05, 0.1) is 29.6 Å². The van der Waals surface area contributed by atoms with Crippen molar-refractivity contribution in [1.82, 2.24) is 4.98 Å². The smallest absolute Gasteiger partial charge is 0.149 e. The van der Waals surface area contributed by atoms with Crippen LogP contribution in [0.5, 0.6) is 0 Å². The van der Waals surface area contributed by atoms with Crippen LogP contribution in [0, 0.1) is 5.82 Å². The maximum absolute atomic E-state index is 13.8. The predicted octanol–water partition coefficient (Wildman–Crippen LogP) is 2.39. The molecule has 0 amide bonds. The molecular weight excluding hydrogens is 257 g/mol. The first kappa shape index (κ1) is 11.6. The molecule has 0 radical (unpaired) electrons. The third kappa shape index (κ3) is 1.63. The Kier molecular flexibility index (Phi) is 2.81. The van der Waals surface area contributed by atoms with Crippen LogP contribution in [0.1, 0.15) is 11.3 Å². The van der Waals surface area contributed by atoms with Gasteiger partial charge >= 0.3 is 0 Å². The van der Waals surface area contributed by atoms with Gasteiger partial charge in [-0.1, -0.05) is 11.6 Å². The lowest BCUT2D eigenvalue weighted by molar-refractivity contribution is 0.110. The Morgan fingerprint density at radius 2 is 2.28 bits per heavy atom. The molecule has 3 N–H and O–H groups in total. The molecule has 4 nitrogen and oxygen atoms in total. The predicted molar refractivity (Wildman–Crippen MR) is 67.9 cm³/mol. The van der Waals surface area contributed by atoms with E-state index >= 15 is 0 Å². The number of rotatable bonds is 1. The van der Waals surface area contributed by atoms with Crippen LogP contribution < -0.4 is 11.3 Å². The molecule has 0 fully saturated rings. The summed E-state index contributed by atoms with van der Waals surface area (Å²) in [6, 6.07) is 2.81. The second kappa shape index (κ2) is 4.35. The molecule has 0 spiro atoms. The van der Waals surface area contributed by atoms with Crippen LogP contribution in [-0.2, 0) is 17.8 Å². The molecule has 2 aromatic rings. The molecule has 1 aromatic heterocycles. The van der Waals surface area contributed by atoms with E-state index in [0.29, 0.717) is 35.7 Å². The van der Waals surface area contributed by atoms with Crippen LogP contribution in [-0.4, -0.2) is 11.6 Å². The van der Waals surface area contributed by atoms with Gasteiger partial charge in [0, 0.05) is 17.4 Å². The lowest BCUT2D eigenvalue weighted by Crippen LogP contribution is -2.18. The molecule has 2 heterocycles. The minimum Gasteiger partial charge on any atom is -0.376 e. The van der Waals surface area contributed by atoms with Crippen molar-refractivity contribution < 1.29 is 9.13 Å². The molecule has 0 unspecified atom stereocenters. The number of pyridine rings is 1. The Morgan fingerprint density at radius 1 is 1.44 bits per heavy atom. The Balaban J connectivity index is 2.44. The molecule has 0 bridgehead atoms. The van der Waals surface area contributed by atoms with E-state index in [1.165, 1.54) is 12.1 Å². The first-order chi connectivity index (χ1) is 8.72. The summed E-state index contributed by atoms with van der Waals surface area (Å²) in [5, 5.41) is 0.920. The third-order valence-electron chi connectivity index (χ3n) is 3.10. The number of aromatic nitrogens is 1. The quantitative estimate of drug-likeness (QED) is 0.615. The van der Waals surface area contributed by atoms with Crippen LogP contribution in [0.15, 0.2) is 12.1 Å². The maximum atomic E-state index is 13.8. The normalized spacial score (nSPS) is 14.6. The topological polar surface area (TPSA) is 60.2 Å². The Hall–Kier alpha value is -1.43. The summed E-state index contributed by atoms with van der Waals surface area (Å²) in [6.07, 6.45) is 0.645. The summed E-state index contributed by atoms with van der Waals surface area (Å²) in [4.78, 5) is 4.35. The highest BCUT2D eigenvalue weighted by atomic mass is 35.5. The summed E-state index contributed by atoms with van der Waals surface area (Å²) in [5.41, 5.74) is 5.10. The summed E-state index contributed by atoms with van der Waals surface area (Å²) in [7, 11) is 0. The number of ether oxygens (including phenoxy) is 1. The van der Waals surface area contributed by atoms with Crippen molar-refractivity contribution in [3.8, 4) is 0 Å². The number of nitrogens with two attached hydrogens (primary N) is 1. The average Bonchev–Trinajstić information content (AvgIpc) is 2.41. The van der Waals surface area contributed by atoms with Gasteiger partial charge in [0.2, 0.25) is 0 Å². The Morgan fingerprint density at radius 3 is 3.06 bits per heavy atom. The number of nitrogen functional groups attached to an aromatic ring is 1. The first-order valence-electron chi connectivity index (χ1n) is 5.56. The van der Waals surface area contributed by atoms with Gasteiger partial charge in [0.15, 0.2) is 0 Å². The molecule has 0 saturated heterocycles. The van der Waals surface area contributed by atoms with E-state index in [4.69, 9.17) is 22.2 Å². The zero-order chi connectivity index (χ0) is 12.7. The van der Waals surface area contributed by atoms with Gasteiger partial charge in [0.25, 0.3) is 0 Å². The fraction of sp³-hybridized carbons (Fsp3) is 0.250. The number of fused-ring (bicyclic) bond motifs is 2. The van der Waals surface area contributed by atoms with Crippen LogP contribution in [0.2, 0.25) is 5.02 Å². The van der Waals surface area contributed by atoms with E-state index in [-0.39, 0.29) is 5.52 Å². The molecule has 3 rings (SSSR count). The van der Waals surface area contributed by atoms with Gasteiger partial charge in [-0.15, -0.1) is 0 Å². The number of halogens is 2. The van der Waals surface area contributed by atoms with Crippen molar-refractivity contribution in [3.63, 3.8) is 0 Å². The number of benzene rings is 1. The second-order valence-corrected chi connectivity index (χ2v) is 4.52. The van der Waals surface area contributed by atoms with Gasteiger partial charge < -0.3 is 10.2 Å². The minimum atomic E-state index is -0.403. The van der Waals surface area contributed by atoms with E-state index in [2.05, 4.69) is 10.4 Å². The Bertz CT molecular complexity index is 632. The van der Waals surface area contributed by atoms with Crippen LogP contribution in [0.4, 0.5) is 10.1 Å². The number of nitrogens with one attached hydrogen (secondary N) is 1. The highest BCUT2D eigenvalue weighted by Crippen LogP contribution is 2.36. The fourth-order valence-electron chi connectivity index (χ4n) is 2.25. The Labute approximate surface area is 108 Å². The first-order valence-corrected chi connectivity index (χ1v) is 5.94. The van der Waals surface area contributed by atoms with Crippen molar-refractivity contribution in [2.75, 3.05) is 12.0 Å². The summed E-state index contributed by atoms with van der Waals surface area (Å²) >= 11 is 6.11. The molecule has 94 valence electrons. The second-order valence-electron chi connectivity index (χ2n) is 4.11. The van der Waals surface area contributed by atoms with E-state index in [9.17, 15) is 4.39 Å². The molecule has 1 aliphatic rings. The number of anilines is 1. The lowest BCUT2D eigenvalue weighted by Gasteiger charge is -2.21. The van der Waals surface area contributed by atoms with Crippen LogP contribution in [0.25, 0.3) is 10.9 Å². The van der Waals surface area contributed by atoms with E-state index in [1.807, 2.05) is 0 Å².